The molecule has 148 valence electrons. The van der Waals surface area contributed by atoms with Crippen molar-refractivity contribution in [2.24, 2.45) is 0 Å². The second-order valence-electron chi connectivity index (χ2n) is 6.76. The molecule has 0 atom stereocenters. The molecule has 0 aliphatic heterocycles. The number of hydrogen-bond donors (Lipinski definition) is 1. The van der Waals surface area contributed by atoms with Crippen LogP contribution in [0.3, 0.4) is 0 Å². The summed E-state index contributed by atoms with van der Waals surface area (Å²) >= 11 is 0. The summed E-state index contributed by atoms with van der Waals surface area (Å²) in [6, 6.07) is 11.2. The number of anilines is 1. The Morgan fingerprint density at radius 2 is 1.75 bits per heavy atom. The number of aryl methyl sites for hydroxylation is 2. The quantitative estimate of drug-likeness (QED) is 0.743. The molecule has 0 aromatic heterocycles. The number of methoxy groups -OCH3 is 2. The van der Waals surface area contributed by atoms with Gasteiger partial charge in [0, 0.05) is 6.07 Å². The highest BCUT2D eigenvalue weighted by Crippen LogP contribution is 2.29. The van der Waals surface area contributed by atoms with Crippen LogP contribution in [0.4, 0.5) is 5.69 Å². The van der Waals surface area contributed by atoms with Crippen molar-refractivity contribution < 1.29 is 23.8 Å². The maximum atomic E-state index is 12.1. The third kappa shape index (κ3) is 5.03. The van der Waals surface area contributed by atoms with Gasteiger partial charge in [-0.2, -0.15) is 0 Å². The van der Waals surface area contributed by atoms with Gasteiger partial charge >= 0.3 is 5.97 Å². The molecule has 0 heterocycles. The molecular formula is C22H25NO5. The van der Waals surface area contributed by atoms with Crippen LogP contribution in [0.2, 0.25) is 0 Å². The number of carbonyl (C=O) groups excluding carboxylic acids is 2. The van der Waals surface area contributed by atoms with E-state index in [9.17, 15) is 9.59 Å². The third-order valence-electron chi connectivity index (χ3n) is 4.81. The largest absolute Gasteiger partial charge is 0.497 e. The van der Waals surface area contributed by atoms with Crippen molar-refractivity contribution in [2.45, 2.75) is 32.1 Å². The topological polar surface area (TPSA) is 73.9 Å². The summed E-state index contributed by atoms with van der Waals surface area (Å²) in [5.74, 6) is 0.231. The zero-order valence-electron chi connectivity index (χ0n) is 16.2. The maximum Gasteiger partial charge on any atom is 0.310 e. The van der Waals surface area contributed by atoms with E-state index in [-0.39, 0.29) is 13.0 Å². The number of nitrogens with one attached hydrogen (secondary N) is 1. The fraction of sp³-hybridized carbons (Fsp3) is 0.364. The van der Waals surface area contributed by atoms with Gasteiger partial charge in [0.25, 0.3) is 5.91 Å². The number of esters is 1. The van der Waals surface area contributed by atoms with Crippen LogP contribution in [0.1, 0.15) is 29.5 Å². The van der Waals surface area contributed by atoms with Crippen LogP contribution >= 0.6 is 0 Å². The Morgan fingerprint density at radius 1 is 0.964 bits per heavy atom. The second-order valence-corrected chi connectivity index (χ2v) is 6.76. The Kier molecular flexibility index (Phi) is 6.53. The predicted octanol–water partition coefficient (Wildman–Crippen LogP) is 3.31. The number of fused-ring (bicyclic) bond motifs is 1. The fourth-order valence-electron chi connectivity index (χ4n) is 3.35. The van der Waals surface area contributed by atoms with Crippen LogP contribution in [0.5, 0.6) is 11.5 Å². The van der Waals surface area contributed by atoms with Crippen molar-refractivity contribution in [3.63, 3.8) is 0 Å². The summed E-state index contributed by atoms with van der Waals surface area (Å²) in [5.41, 5.74) is 4.10. The summed E-state index contributed by atoms with van der Waals surface area (Å²) in [5, 5.41) is 2.68. The van der Waals surface area contributed by atoms with E-state index in [1.54, 1.807) is 25.3 Å². The normalized spacial score (nSPS) is 12.6. The monoisotopic (exact) mass is 383 g/mol. The molecular weight excluding hydrogens is 358 g/mol. The highest BCUT2D eigenvalue weighted by molar-refractivity contribution is 5.94. The third-order valence-corrected chi connectivity index (χ3v) is 4.81. The lowest BCUT2D eigenvalue weighted by atomic mass is 9.90. The Labute approximate surface area is 164 Å². The molecule has 0 unspecified atom stereocenters. The van der Waals surface area contributed by atoms with Gasteiger partial charge < -0.3 is 19.5 Å². The van der Waals surface area contributed by atoms with Gasteiger partial charge in [0.1, 0.15) is 11.5 Å². The molecule has 0 fully saturated rings. The molecule has 0 bridgehead atoms. The highest BCUT2D eigenvalue weighted by Gasteiger charge is 2.14. The van der Waals surface area contributed by atoms with E-state index < -0.39 is 11.9 Å². The molecule has 1 amide bonds. The van der Waals surface area contributed by atoms with Gasteiger partial charge in [-0.05, 0) is 54.5 Å². The van der Waals surface area contributed by atoms with Gasteiger partial charge in [-0.15, -0.1) is 0 Å². The molecule has 28 heavy (non-hydrogen) atoms. The van der Waals surface area contributed by atoms with E-state index in [2.05, 4.69) is 17.4 Å². The first-order chi connectivity index (χ1) is 13.6. The minimum absolute atomic E-state index is 0.159. The molecule has 1 aliphatic carbocycles. The summed E-state index contributed by atoms with van der Waals surface area (Å²) in [6.07, 6.45) is 4.74. The second kappa shape index (κ2) is 9.26. The van der Waals surface area contributed by atoms with Crippen LogP contribution in [0.15, 0.2) is 36.4 Å². The van der Waals surface area contributed by atoms with Crippen molar-refractivity contribution in [2.75, 3.05) is 26.1 Å². The highest BCUT2D eigenvalue weighted by atomic mass is 16.5. The van der Waals surface area contributed by atoms with Gasteiger partial charge in [0.2, 0.25) is 0 Å². The van der Waals surface area contributed by atoms with Crippen LogP contribution in [0, 0.1) is 0 Å². The van der Waals surface area contributed by atoms with Crippen molar-refractivity contribution >= 4 is 17.6 Å². The predicted molar refractivity (Wildman–Crippen MR) is 106 cm³/mol. The molecule has 6 heteroatoms. The van der Waals surface area contributed by atoms with Crippen LogP contribution < -0.4 is 14.8 Å². The van der Waals surface area contributed by atoms with Crippen molar-refractivity contribution in [3.8, 4) is 11.5 Å². The van der Waals surface area contributed by atoms with E-state index in [0.29, 0.717) is 17.2 Å². The number of benzene rings is 2. The van der Waals surface area contributed by atoms with E-state index >= 15 is 0 Å². The van der Waals surface area contributed by atoms with Crippen molar-refractivity contribution in [3.05, 3.63) is 53.1 Å². The van der Waals surface area contributed by atoms with E-state index in [1.807, 2.05) is 6.07 Å². The van der Waals surface area contributed by atoms with Crippen LogP contribution in [-0.4, -0.2) is 32.7 Å². The lowest BCUT2D eigenvalue weighted by molar-refractivity contribution is -0.146. The summed E-state index contributed by atoms with van der Waals surface area (Å²) in [7, 11) is 3.05. The average molecular weight is 383 g/mol. The zero-order valence-corrected chi connectivity index (χ0v) is 16.2. The van der Waals surface area contributed by atoms with Crippen molar-refractivity contribution in [1.82, 2.24) is 0 Å². The minimum atomic E-state index is -0.428. The molecule has 2 aromatic carbocycles. The van der Waals surface area contributed by atoms with Gasteiger partial charge in [-0.1, -0.05) is 18.2 Å². The molecule has 2 aromatic rings. The maximum absolute atomic E-state index is 12.1. The van der Waals surface area contributed by atoms with E-state index in [0.717, 1.165) is 18.4 Å². The van der Waals surface area contributed by atoms with Crippen LogP contribution in [-0.2, 0) is 33.6 Å². The average Bonchev–Trinajstić information content (AvgIpc) is 2.72. The summed E-state index contributed by atoms with van der Waals surface area (Å²) in [4.78, 5) is 24.2. The van der Waals surface area contributed by atoms with Crippen LogP contribution in [0.25, 0.3) is 0 Å². The van der Waals surface area contributed by atoms with E-state index in [4.69, 9.17) is 14.2 Å². The molecule has 0 spiro atoms. The lowest BCUT2D eigenvalue weighted by Gasteiger charge is -2.16. The fourth-order valence-corrected chi connectivity index (χ4v) is 3.35. The number of ether oxygens (including phenoxy) is 3. The first-order valence-electron chi connectivity index (χ1n) is 9.37. The van der Waals surface area contributed by atoms with E-state index in [1.165, 1.54) is 31.1 Å². The zero-order chi connectivity index (χ0) is 19.9. The minimum Gasteiger partial charge on any atom is -0.497 e. The first kappa shape index (κ1) is 19.7. The Morgan fingerprint density at radius 3 is 2.50 bits per heavy atom. The standard InChI is InChI=1S/C22H25NO5/c1-26-18-9-10-19(20(13-18)27-2)23-21(24)14-28-22(25)12-15-7-8-16-5-3-4-6-17(16)11-15/h7-11,13H,3-6,12,14H2,1-2H3,(H,23,24). The van der Waals surface area contributed by atoms with Gasteiger partial charge in [-0.25, -0.2) is 0 Å². The lowest BCUT2D eigenvalue weighted by Crippen LogP contribution is -2.22. The van der Waals surface area contributed by atoms with Gasteiger partial charge in [-0.3, -0.25) is 9.59 Å². The van der Waals surface area contributed by atoms with Gasteiger partial charge in [0.05, 0.1) is 26.3 Å². The number of amides is 1. The number of hydrogen-bond acceptors (Lipinski definition) is 5. The molecule has 6 nitrogen and oxygen atoms in total. The van der Waals surface area contributed by atoms with Crippen molar-refractivity contribution in [1.29, 1.82) is 0 Å². The molecule has 3 rings (SSSR count). The molecule has 1 N–H and O–H groups in total. The Balaban J connectivity index is 1.51. The van der Waals surface area contributed by atoms with Gasteiger partial charge in [0.15, 0.2) is 6.61 Å². The Bertz CT molecular complexity index is 862. The molecule has 0 radical (unpaired) electrons. The smallest absolute Gasteiger partial charge is 0.310 e. The molecule has 1 aliphatic rings. The molecule has 0 saturated heterocycles. The molecule has 0 saturated carbocycles. The summed E-state index contributed by atoms with van der Waals surface area (Å²) in [6.45, 7) is -0.348. The Hall–Kier alpha value is -3.02. The summed E-state index contributed by atoms with van der Waals surface area (Å²) < 4.78 is 15.5. The number of carbonyl (C=O) groups is 2. The number of rotatable bonds is 7. The first-order valence-corrected chi connectivity index (χ1v) is 9.37. The SMILES string of the molecule is COc1ccc(NC(=O)COC(=O)Cc2ccc3c(c2)CCCC3)c(OC)c1.